The number of aromatic hydroxyl groups is 1. The zero-order valence-electron chi connectivity index (χ0n) is 24.6. The van der Waals surface area contributed by atoms with E-state index in [4.69, 9.17) is 22.6 Å². The fraction of sp³-hybridized carbons (Fsp3) is 0.382. The van der Waals surface area contributed by atoms with Crippen LogP contribution < -0.4 is 15.0 Å². The van der Waals surface area contributed by atoms with Gasteiger partial charge in [-0.3, -0.25) is 0 Å². The molecule has 2 bridgehead atoms. The first-order chi connectivity index (χ1) is 21.2. The summed E-state index contributed by atoms with van der Waals surface area (Å²) in [4.78, 5) is 18.2. The number of pyridine rings is 1. The number of fused-ring (bicyclic) bond motifs is 4. The summed E-state index contributed by atoms with van der Waals surface area (Å²) < 4.78 is 37.9. The lowest BCUT2D eigenvalue weighted by Crippen LogP contribution is -2.51. The quantitative estimate of drug-likeness (QED) is 0.304. The van der Waals surface area contributed by atoms with Crippen LogP contribution in [0, 0.1) is 41.7 Å². The number of hydrogen-bond donors (Lipinski definition) is 2. The van der Waals surface area contributed by atoms with Gasteiger partial charge >= 0.3 is 6.01 Å². The number of phenols is 1. The molecule has 2 atom stereocenters. The molecule has 4 aromatic rings. The molecule has 0 amide bonds. The Hall–Kier alpha value is -4.51. The molecular formula is C34H32F2N6O2. The number of rotatable bonds is 7. The molecule has 1 aliphatic carbocycles. The SMILES string of the molecule is C#Cc1c(F)ccc2cc(O)cc(-c3nc(C#C)c4c(N5CC6CCC(C5)N6)nc(OCC5(CN(C)C)CC5)nc4c3F)c12. The van der Waals surface area contributed by atoms with E-state index in [0.29, 0.717) is 36.3 Å². The zero-order chi connectivity index (χ0) is 30.7. The van der Waals surface area contributed by atoms with Gasteiger partial charge in [0.15, 0.2) is 5.82 Å². The van der Waals surface area contributed by atoms with Crippen molar-refractivity contribution in [2.45, 2.75) is 37.8 Å². The summed E-state index contributed by atoms with van der Waals surface area (Å²) in [6.07, 6.45) is 15.8. The van der Waals surface area contributed by atoms with Crippen LogP contribution >= 0.6 is 0 Å². The van der Waals surface area contributed by atoms with Crippen molar-refractivity contribution >= 4 is 27.5 Å². The standard InChI is InChI=1S/C34H32F2N6O2/c1-5-23-25(35)10-7-19-13-22(43)14-24(27(19)23)30-29(36)31-28(26(6-2)38-30)32(42-15-20-8-9-21(16-42)37-20)40-33(39-31)44-18-34(11-12-34)17-41(3)4/h1-2,7,10,13-14,20-21,37,43H,8-9,11-12,15-18H2,3-4H3. The monoisotopic (exact) mass is 594 g/mol. The van der Waals surface area contributed by atoms with Crippen molar-refractivity contribution in [3.63, 3.8) is 0 Å². The lowest BCUT2D eigenvalue weighted by Gasteiger charge is -2.34. The van der Waals surface area contributed by atoms with Gasteiger partial charge in [-0.1, -0.05) is 12.0 Å². The van der Waals surface area contributed by atoms with Crippen LogP contribution in [0.5, 0.6) is 11.8 Å². The Morgan fingerprint density at radius 1 is 1.07 bits per heavy atom. The van der Waals surface area contributed by atoms with Crippen molar-refractivity contribution in [1.82, 2.24) is 25.2 Å². The molecule has 0 spiro atoms. The topological polar surface area (TPSA) is 86.6 Å². The van der Waals surface area contributed by atoms with Crippen LogP contribution in [-0.4, -0.2) is 77.4 Å². The van der Waals surface area contributed by atoms with Crippen LogP contribution in [0.25, 0.3) is 32.9 Å². The zero-order valence-corrected chi connectivity index (χ0v) is 24.6. The molecule has 2 aromatic carbocycles. The van der Waals surface area contributed by atoms with E-state index < -0.39 is 11.6 Å². The number of phenolic OH excluding ortho intramolecular Hbond substituents is 1. The van der Waals surface area contributed by atoms with Crippen LogP contribution in [0.1, 0.15) is 36.9 Å². The highest BCUT2D eigenvalue weighted by molar-refractivity contribution is 6.04. The molecule has 2 aromatic heterocycles. The predicted octanol–water partition coefficient (Wildman–Crippen LogP) is 4.45. The van der Waals surface area contributed by atoms with Crippen LogP contribution in [-0.2, 0) is 0 Å². The highest BCUT2D eigenvalue weighted by atomic mass is 19.1. The number of halogens is 2. The predicted molar refractivity (Wildman–Crippen MR) is 166 cm³/mol. The molecule has 8 nitrogen and oxygen atoms in total. The summed E-state index contributed by atoms with van der Waals surface area (Å²) in [6, 6.07) is 6.05. The second kappa shape index (κ2) is 10.6. The molecule has 3 aliphatic rings. The largest absolute Gasteiger partial charge is 0.508 e. The van der Waals surface area contributed by atoms with E-state index in [-0.39, 0.29) is 62.7 Å². The first-order valence-electron chi connectivity index (χ1n) is 14.8. The molecular weight excluding hydrogens is 562 g/mol. The van der Waals surface area contributed by atoms with Crippen LogP contribution in [0.4, 0.5) is 14.6 Å². The van der Waals surface area contributed by atoms with Gasteiger partial charge in [-0.05, 0) is 69.3 Å². The molecule has 0 radical (unpaired) electrons. The number of terminal acetylenes is 2. The third-order valence-electron chi connectivity index (χ3n) is 8.97. The van der Waals surface area contributed by atoms with E-state index in [0.717, 1.165) is 32.2 Å². The van der Waals surface area contributed by atoms with Gasteiger partial charge in [0.05, 0.1) is 17.6 Å². The van der Waals surface area contributed by atoms with Gasteiger partial charge in [0, 0.05) is 48.1 Å². The second-order valence-electron chi connectivity index (χ2n) is 12.5. The van der Waals surface area contributed by atoms with Gasteiger partial charge in [0.2, 0.25) is 0 Å². The van der Waals surface area contributed by atoms with Crippen molar-refractivity contribution in [3.05, 3.63) is 47.2 Å². The van der Waals surface area contributed by atoms with E-state index >= 15 is 4.39 Å². The Labute approximate surface area is 254 Å². The van der Waals surface area contributed by atoms with Gasteiger partial charge in [-0.25, -0.2) is 13.8 Å². The smallest absolute Gasteiger partial charge is 0.319 e. The minimum absolute atomic E-state index is 0.00175. The van der Waals surface area contributed by atoms with E-state index in [1.807, 2.05) is 14.1 Å². The Morgan fingerprint density at radius 3 is 2.48 bits per heavy atom. The fourth-order valence-electron chi connectivity index (χ4n) is 6.85. The van der Waals surface area contributed by atoms with Gasteiger partial charge in [-0.2, -0.15) is 9.97 Å². The average Bonchev–Trinajstić information content (AvgIpc) is 3.68. The third-order valence-corrected chi connectivity index (χ3v) is 8.97. The minimum Gasteiger partial charge on any atom is -0.508 e. The minimum atomic E-state index is -0.792. The molecule has 2 aliphatic heterocycles. The van der Waals surface area contributed by atoms with Crippen molar-refractivity contribution in [2.75, 3.05) is 45.2 Å². The molecule has 10 heteroatoms. The van der Waals surface area contributed by atoms with Crippen molar-refractivity contribution < 1.29 is 18.6 Å². The van der Waals surface area contributed by atoms with Crippen LogP contribution in [0.2, 0.25) is 0 Å². The number of hydrogen-bond acceptors (Lipinski definition) is 8. The first kappa shape index (κ1) is 28.3. The fourth-order valence-corrected chi connectivity index (χ4v) is 6.85. The van der Waals surface area contributed by atoms with Crippen LogP contribution in [0.15, 0.2) is 24.3 Å². The summed E-state index contributed by atoms with van der Waals surface area (Å²) in [5.74, 6) is 3.85. The second-order valence-corrected chi connectivity index (χ2v) is 12.5. The molecule has 4 heterocycles. The van der Waals surface area contributed by atoms with E-state index in [2.05, 4.69) is 36.9 Å². The van der Waals surface area contributed by atoms with Gasteiger partial charge in [-0.15, -0.1) is 12.8 Å². The number of piperazine rings is 1. The lowest BCUT2D eigenvalue weighted by molar-refractivity contribution is 0.183. The van der Waals surface area contributed by atoms with Crippen molar-refractivity contribution in [2.24, 2.45) is 5.41 Å². The molecule has 3 fully saturated rings. The lowest BCUT2D eigenvalue weighted by atomic mass is 9.95. The normalized spacial score (nSPS) is 20.2. The maximum absolute atomic E-state index is 16.9. The van der Waals surface area contributed by atoms with E-state index in [1.165, 1.54) is 24.3 Å². The maximum atomic E-state index is 16.9. The van der Waals surface area contributed by atoms with E-state index in [1.54, 1.807) is 0 Å². The summed E-state index contributed by atoms with van der Waals surface area (Å²) in [5.41, 5.74) is -0.0880. The number of aromatic nitrogens is 3. The maximum Gasteiger partial charge on any atom is 0.319 e. The summed E-state index contributed by atoms with van der Waals surface area (Å²) in [5, 5.41) is 15.2. The van der Waals surface area contributed by atoms with Gasteiger partial charge < -0.3 is 25.0 Å². The molecule has 2 unspecified atom stereocenters. The van der Waals surface area contributed by atoms with Crippen LogP contribution in [0.3, 0.4) is 0 Å². The van der Waals surface area contributed by atoms with E-state index in [9.17, 15) is 9.50 Å². The van der Waals surface area contributed by atoms with Gasteiger partial charge in [0.25, 0.3) is 0 Å². The molecule has 7 rings (SSSR count). The van der Waals surface area contributed by atoms with Crippen molar-refractivity contribution in [1.29, 1.82) is 0 Å². The number of anilines is 1. The number of nitrogens with zero attached hydrogens (tertiary/aromatic N) is 5. The average molecular weight is 595 g/mol. The van der Waals surface area contributed by atoms with Crippen molar-refractivity contribution in [3.8, 4) is 47.7 Å². The first-order valence-corrected chi connectivity index (χ1v) is 14.8. The highest BCUT2D eigenvalue weighted by Crippen LogP contribution is 2.46. The number of nitrogens with one attached hydrogen (secondary N) is 1. The number of ether oxygens (including phenoxy) is 1. The molecule has 2 N–H and O–H groups in total. The van der Waals surface area contributed by atoms with Gasteiger partial charge in [0.1, 0.15) is 34.3 Å². The molecule has 2 saturated heterocycles. The Bertz CT molecular complexity index is 1900. The Kier molecular flexibility index (Phi) is 6.80. The molecule has 1 saturated carbocycles. The number of benzene rings is 2. The Balaban J connectivity index is 1.44. The molecule has 44 heavy (non-hydrogen) atoms. The summed E-state index contributed by atoms with van der Waals surface area (Å²) in [6.45, 7) is 2.59. The third kappa shape index (κ3) is 4.85. The summed E-state index contributed by atoms with van der Waals surface area (Å²) >= 11 is 0. The Morgan fingerprint density at radius 2 is 1.82 bits per heavy atom. The summed E-state index contributed by atoms with van der Waals surface area (Å²) in [7, 11) is 4.05. The molecule has 224 valence electrons. The highest BCUT2D eigenvalue weighted by Gasteiger charge is 2.44.